The van der Waals surface area contributed by atoms with Crippen LogP contribution in [-0.2, 0) is 0 Å². The SMILES string of the molecule is N#Cc1ccc(NCCC2CCCC2)c(N)c1. The van der Waals surface area contributed by atoms with Crippen LogP contribution in [0.5, 0.6) is 0 Å². The standard InChI is InChI=1S/C14H19N3/c15-10-12-5-6-14(13(16)9-12)17-8-7-11-3-1-2-4-11/h5-6,9,11,17H,1-4,7-8,16H2. The highest BCUT2D eigenvalue weighted by Crippen LogP contribution is 2.27. The first-order valence-corrected chi connectivity index (χ1v) is 6.33. The number of nitrogens with two attached hydrogens (primary N) is 1. The van der Waals surface area contributed by atoms with E-state index in [4.69, 9.17) is 11.0 Å². The van der Waals surface area contributed by atoms with Crippen molar-refractivity contribution in [3.05, 3.63) is 23.8 Å². The van der Waals surface area contributed by atoms with Gasteiger partial charge in [-0.15, -0.1) is 0 Å². The highest BCUT2D eigenvalue weighted by atomic mass is 14.9. The molecule has 0 spiro atoms. The fraction of sp³-hybridized carbons (Fsp3) is 0.500. The summed E-state index contributed by atoms with van der Waals surface area (Å²) >= 11 is 0. The number of nitriles is 1. The number of hydrogen-bond acceptors (Lipinski definition) is 3. The van der Waals surface area contributed by atoms with Gasteiger partial charge in [0.15, 0.2) is 0 Å². The third-order valence-electron chi connectivity index (χ3n) is 3.52. The summed E-state index contributed by atoms with van der Waals surface area (Å²) in [6, 6.07) is 7.50. The molecule has 17 heavy (non-hydrogen) atoms. The number of anilines is 2. The molecule has 0 bridgehead atoms. The van der Waals surface area contributed by atoms with E-state index in [9.17, 15) is 0 Å². The van der Waals surface area contributed by atoms with Crippen LogP contribution in [0, 0.1) is 17.2 Å². The first-order valence-electron chi connectivity index (χ1n) is 6.33. The molecule has 1 aromatic rings. The van der Waals surface area contributed by atoms with Crippen LogP contribution in [0.25, 0.3) is 0 Å². The summed E-state index contributed by atoms with van der Waals surface area (Å²) in [4.78, 5) is 0. The van der Waals surface area contributed by atoms with Crippen LogP contribution in [0.15, 0.2) is 18.2 Å². The molecule has 1 fully saturated rings. The van der Waals surface area contributed by atoms with Crippen LogP contribution >= 0.6 is 0 Å². The third-order valence-corrected chi connectivity index (χ3v) is 3.52. The molecule has 0 heterocycles. The Morgan fingerprint density at radius 2 is 2.12 bits per heavy atom. The van der Waals surface area contributed by atoms with Crippen molar-refractivity contribution in [2.45, 2.75) is 32.1 Å². The lowest BCUT2D eigenvalue weighted by Crippen LogP contribution is -2.08. The van der Waals surface area contributed by atoms with Gasteiger partial charge in [0.2, 0.25) is 0 Å². The molecule has 0 saturated heterocycles. The fourth-order valence-electron chi connectivity index (χ4n) is 2.50. The quantitative estimate of drug-likeness (QED) is 0.780. The lowest BCUT2D eigenvalue weighted by molar-refractivity contribution is 0.519. The molecule has 3 nitrogen and oxygen atoms in total. The molecule has 3 N–H and O–H groups in total. The molecule has 0 aliphatic heterocycles. The van der Waals surface area contributed by atoms with Gasteiger partial charge >= 0.3 is 0 Å². The topological polar surface area (TPSA) is 61.8 Å². The van der Waals surface area contributed by atoms with E-state index < -0.39 is 0 Å². The molecule has 0 atom stereocenters. The average molecular weight is 229 g/mol. The van der Waals surface area contributed by atoms with E-state index in [0.717, 1.165) is 18.2 Å². The van der Waals surface area contributed by atoms with Crippen molar-refractivity contribution in [2.24, 2.45) is 5.92 Å². The molecule has 0 aromatic heterocycles. The van der Waals surface area contributed by atoms with Gasteiger partial charge in [0, 0.05) is 6.54 Å². The Bertz CT molecular complexity index is 414. The second-order valence-corrected chi connectivity index (χ2v) is 4.78. The van der Waals surface area contributed by atoms with Crippen molar-refractivity contribution in [2.75, 3.05) is 17.6 Å². The monoisotopic (exact) mass is 229 g/mol. The van der Waals surface area contributed by atoms with Crippen molar-refractivity contribution < 1.29 is 0 Å². The number of nitrogens with one attached hydrogen (secondary N) is 1. The van der Waals surface area contributed by atoms with Gasteiger partial charge in [0.05, 0.1) is 23.0 Å². The molecule has 90 valence electrons. The molecule has 0 amide bonds. The minimum absolute atomic E-state index is 0.615. The number of hydrogen-bond donors (Lipinski definition) is 2. The van der Waals surface area contributed by atoms with Crippen molar-refractivity contribution in [1.29, 1.82) is 5.26 Å². The molecule has 3 heteroatoms. The third kappa shape index (κ3) is 3.13. The molecule has 1 aliphatic carbocycles. The van der Waals surface area contributed by atoms with E-state index in [2.05, 4.69) is 11.4 Å². The van der Waals surface area contributed by atoms with Gasteiger partial charge in [-0.2, -0.15) is 5.26 Å². The van der Waals surface area contributed by atoms with Crippen LogP contribution in [0.1, 0.15) is 37.7 Å². The average Bonchev–Trinajstić information content (AvgIpc) is 2.84. The Labute approximate surface area is 103 Å². The van der Waals surface area contributed by atoms with Gasteiger partial charge in [0.1, 0.15) is 0 Å². The lowest BCUT2D eigenvalue weighted by Gasteiger charge is -2.12. The molecule has 1 aromatic carbocycles. The van der Waals surface area contributed by atoms with Gasteiger partial charge in [0.25, 0.3) is 0 Å². The van der Waals surface area contributed by atoms with Crippen molar-refractivity contribution in [1.82, 2.24) is 0 Å². The Kier molecular flexibility index (Phi) is 3.87. The molecular formula is C14H19N3. The first-order chi connectivity index (χ1) is 8.29. The predicted octanol–water partition coefficient (Wildman–Crippen LogP) is 3.13. The minimum atomic E-state index is 0.615. The summed E-state index contributed by atoms with van der Waals surface area (Å²) in [6.45, 7) is 0.973. The van der Waals surface area contributed by atoms with Gasteiger partial charge in [-0.05, 0) is 30.5 Å². The summed E-state index contributed by atoms with van der Waals surface area (Å²) < 4.78 is 0. The molecule has 1 saturated carbocycles. The predicted molar refractivity (Wildman–Crippen MR) is 70.6 cm³/mol. The molecule has 2 rings (SSSR count). The fourth-order valence-corrected chi connectivity index (χ4v) is 2.50. The van der Waals surface area contributed by atoms with E-state index in [-0.39, 0.29) is 0 Å². The molecule has 1 aliphatic rings. The van der Waals surface area contributed by atoms with Crippen LogP contribution < -0.4 is 11.1 Å². The highest BCUT2D eigenvalue weighted by molar-refractivity contribution is 5.68. The highest BCUT2D eigenvalue weighted by Gasteiger charge is 2.14. The van der Waals surface area contributed by atoms with Crippen LogP contribution in [0.4, 0.5) is 11.4 Å². The van der Waals surface area contributed by atoms with E-state index >= 15 is 0 Å². The molecule has 0 unspecified atom stereocenters. The zero-order chi connectivity index (χ0) is 12.1. The van der Waals surface area contributed by atoms with Crippen molar-refractivity contribution in [3.63, 3.8) is 0 Å². The van der Waals surface area contributed by atoms with E-state index in [1.54, 1.807) is 12.1 Å². The Hall–Kier alpha value is -1.69. The summed E-state index contributed by atoms with van der Waals surface area (Å²) in [6.07, 6.45) is 6.77. The smallest absolute Gasteiger partial charge is 0.0992 e. The maximum atomic E-state index is 8.75. The van der Waals surface area contributed by atoms with Crippen molar-refractivity contribution >= 4 is 11.4 Å². The first kappa shape index (κ1) is 11.8. The lowest BCUT2D eigenvalue weighted by atomic mass is 10.0. The van der Waals surface area contributed by atoms with E-state index in [1.165, 1.54) is 32.1 Å². The van der Waals surface area contributed by atoms with Gasteiger partial charge in [-0.25, -0.2) is 0 Å². The van der Waals surface area contributed by atoms with Crippen molar-refractivity contribution in [3.8, 4) is 6.07 Å². The zero-order valence-corrected chi connectivity index (χ0v) is 10.1. The number of benzene rings is 1. The zero-order valence-electron chi connectivity index (χ0n) is 10.1. The number of nitrogens with zero attached hydrogens (tertiary/aromatic N) is 1. The Morgan fingerprint density at radius 3 is 2.76 bits per heavy atom. The van der Waals surface area contributed by atoms with Gasteiger partial charge in [-0.1, -0.05) is 25.7 Å². The summed E-state index contributed by atoms with van der Waals surface area (Å²) in [5, 5.41) is 12.1. The maximum Gasteiger partial charge on any atom is 0.0992 e. The summed E-state index contributed by atoms with van der Waals surface area (Å²) in [5.41, 5.74) is 8.10. The maximum absolute atomic E-state index is 8.75. The van der Waals surface area contributed by atoms with E-state index in [1.807, 2.05) is 6.07 Å². The second kappa shape index (κ2) is 5.58. The van der Waals surface area contributed by atoms with Gasteiger partial charge in [-0.3, -0.25) is 0 Å². The summed E-state index contributed by atoms with van der Waals surface area (Å²) in [5.74, 6) is 0.891. The van der Waals surface area contributed by atoms with Gasteiger partial charge < -0.3 is 11.1 Å². The van der Waals surface area contributed by atoms with Crippen LogP contribution in [0.2, 0.25) is 0 Å². The second-order valence-electron chi connectivity index (χ2n) is 4.78. The summed E-state index contributed by atoms with van der Waals surface area (Å²) in [7, 11) is 0. The Balaban J connectivity index is 1.84. The molecule has 0 radical (unpaired) electrons. The molecular weight excluding hydrogens is 210 g/mol. The minimum Gasteiger partial charge on any atom is -0.397 e. The normalized spacial score (nSPS) is 15.7. The van der Waals surface area contributed by atoms with Crippen LogP contribution in [0.3, 0.4) is 0 Å². The number of nitrogen functional groups attached to an aromatic ring is 1. The largest absolute Gasteiger partial charge is 0.397 e. The van der Waals surface area contributed by atoms with E-state index in [0.29, 0.717) is 11.3 Å². The van der Waals surface area contributed by atoms with Crippen LogP contribution in [-0.4, -0.2) is 6.54 Å². The number of rotatable bonds is 4. The Morgan fingerprint density at radius 1 is 1.35 bits per heavy atom.